The summed E-state index contributed by atoms with van der Waals surface area (Å²) in [5, 5.41) is 0. The highest BCUT2D eigenvalue weighted by Crippen LogP contribution is 2.17. The van der Waals surface area contributed by atoms with Crippen molar-refractivity contribution in [1.29, 1.82) is 0 Å². The lowest BCUT2D eigenvalue weighted by Gasteiger charge is -2.17. The van der Waals surface area contributed by atoms with E-state index in [9.17, 15) is 0 Å². The van der Waals surface area contributed by atoms with Crippen LogP contribution in [0.3, 0.4) is 0 Å². The quantitative estimate of drug-likeness (QED) is 0.550. The zero-order valence-electron chi connectivity index (χ0n) is 10.3. The number of rotatable bonds is 4. The largest absolute Gasteiger partial charge is 0.434 e. The van der Waals surface area contributed by atoms with Gasteiger partial charge >= 0.3 is 7.48 Å². The molecular weight excluding hydrogens is 203 g/mol. The Hall–Kier alpha value is -0.835. The van der Waals surface area contributed by atoms with Gasteiger partial charge in [-0.1, -0.05) is 56.6 Å². The van der Waals surface area contributed by atoms with Gasteiger partial charge in [0.25, 0.3) is 0 Å². The third kappa shape index (κ3) is 8.47. The number of hydrogen-bond donors (Lipinski definition) is 0. The van der Waals surface area contributed by atoms with Crippen molar-refractivity contribution < 1.29 is 15.6 Å². The van der Waals surface area contributed by atoms with Crippen molar-refractivity contribution in [2.24, 2.45) is 5.41 Å². The molecule has 0 atom stereocenters. The van der Waals surface area contributed by atoms with Crippen molar-refractivity contribution in [3.05, 3.63) is 30.3 Å². The molecule has 1 aromatic rings. The Morgan fingerprint density at radius 2 is 1.62 bits per heavy atom. The second-order valence-electron chi connectivity index (χ2n) is 4.71. The van der Waals surface area contributed by atoms with Gasteiger partial charge < -0.3 is 15.6 Å². The van der Waals surface area contributed by atoms with E-state index in [1.54, 1.807) is 0 Å². The fourth-order valence-corrected chi connectivity index (χ4v) is 1.05. The Bertz CT molecular complexity index is 257. The molecule has 0 saturated carbocycles. The molecule has 4 N–H and O–H groups in total. The van der Waals surface area contributed by atoms with Crippen LogP contribution < -0.4 is 5.46 Å². The summed E-state index contributed by atoms with van der Waals surface area (Å²) in [6, 6.07) is 10.1. The first-order chi connectivity index (χ1) is 6.58. The van der Waals surface area contributed by atoms with Crippen LogP contribution in [0.25, 0.3) is 0 Å². The van der Waals surface area contributed by atoms with Gasteiger partial charge in [0, 0.05) is 6.61 Å². The maximum absolute atomic E-state index is 5.47. The zero-order valence-corrected chi connectivity index (χ0v) is 10.3. The maximum atomic E-state index is 5.47. The molecule has 0 aliphatic heterocycles. The topological polar surface area (TPSA) is 72.2 Å². The molecule has 0 saturated heterocycles. The smallest absolute Gasteiger partial charge is 0.329 e. The lowest BCUT2D eigenvalue weighted by Crippen LogP contribution is -2.19. The molecule has 0 unspecified atom stereocenters. The molecule has 1 rings (SSSR count). The second-order valence-corrected chi connectivity index (χ2v) is 4.71. The number of benzene rings is 1. The first-order valence-electron chi connectivity index (χ1n) is 5.08. The second kappa shape index (κ2) is 8.33. The molecular formula is C12H22BO3. The lowest BCUT2D eigenvalue weighted by molar-refractivity contribution is 0.254. The lowest BCUT2D eigenvalue weighted by atomic mass is 9.87. The van der Waals surface area contributed by atoms with Crippen LogP contribution in [0.1, 0.15) is 27.2 Å². The van der Waals surface area contributed by atoms with E-state index >= 15 is 0 Å². The SMILES string of the molecule is CC(C)(C)CCO[B]c1ccccc1.O.O. The predicted molar refractivity (Wildman–Crippen MR) is 69.1 cm³/mol. The van der Waals surface area contributed by atoms with E-state index in [0.717, 1.165) is 18.5 Å². The minimum absolute atomic E-state index is 0. The van der Waals surface area contributed by atoms with Gasteiger partial charge in [0.05, 0.1) is 0 Å². The maximum Gasteiger partial charge on any atom is 0.329 e. The summed E-state index contributed by atoms with van der Waals surface area (Å²) in [6.45, 7) is 7.45. The Morgan fingerprint density at radius 3 is 2.12 bits per heavy atom. The van der Waals surface area contributed by atoms with Crippen molar-refractivity contribution in [3.63, 3.8) is 0 Å². The summed E-state index contributed by atoms with van der Waals surface area (Å²) in [5.74, 6) is 0. The molecule has 16 heavy (non-hydrogen) atoms. The van der Waals surface area contributed by atoms with Gasteiger partial charge in [0.2, 0.25) is 0 Å². The molecule has 3 nitrogen and oxygen atoms in total. The van der Waals surface area contributed by atoms with Crippen molar-refractivity contribution in [3.8, 4) is 0 Å². The zero-order chi connectivity index (χ0) is 10.4. The normalized spacial score (nSPS) is 9.94. The fraction of sp³-hybridized carbons (Fsp3) is 0.500. The van der Waals surface area contributed by atoms with E-state index in [0.29, 0.717) is 5.41 Å². The van der Waals surface area contributed by atoms with E-state index in [-0.39, 0.29) is 11.0 Å². The fourth-order valence-electron chi connectivity index (χ4n) is 1.05. The molecule has 0 aliphatic carbocycles. The molecule has 0 bridgehead atoms. The van der Waals surface area contributed by atoms with Crippen molar-refractivity contribution in [2.75, 3.05) is 6.61 Å². The Balaban J connectivity index is 0. The average molecular weight is 225 g/mol. The van der Waals surface area contributed by atoms with Gasteiger partial charge in [0.15, 0.2) is 0 Å². The summed E-state index contributed by atoms with van der Waals surface area (Å²) in [6.07, 6.45) is 1.08. The highest BCUT2D eigenvalue weighted by molar-refractivity contribution is 6.46. The van der Waals surface area contributed by atoms with Crippen LogP contribution in [-0.2, 0) is 4.65 Å². The van der Waals surface area contributed by atoms with Crippen LogP contribution in [0, 0.1) is 5.41 Å². The monoisotopic (exact) mass is 225 g/mol. The Kier molecular flexibility index (Phi) is 9.14. The van der Waals surface area contributed by atoms with E-state index in [1.165, 1.54) is 0 Å². The molecule has 0 heterocycles. The molecule has 0 aromatic heterocycles. The summed E-state index contributed by atoms with van der Waals surface area (Å²) in [4.78, 5) is 0. The molecule has 1 radical (unpaired) electrons. The standard InChI is InChI=1S/C12H18BO.2H2O/c1-12(2,3)9-10-14-13-11-7-5-4-6-8-11;;/h4-8H,9-10H2,1-3H3;2*1H2. The third-order valence-corrected chi connectivity index (χ3v) is 1.99. The van der Waals surface area contributed by atoms with Gasteiger partial charge in [-0.15, -0.1) is 0 Å². The van der Waals surface area contributed by atoms with Crippen LogP contribution in [0.4, 0.5) is 0 Å². The van der Waals surface area contributed by atoms with Crippen LogP contribution in [-0.4, -0.2) is 25.0 Å². The minimum Gasteiger partial charge on any atom is -0.434 e. The van der Waals surface area contributed by atoms with Gasteiger partial charge in [-0.05, 0) is 11.8 Å². The summed E-state index contributed by atoms with van der Waals surface area (Å²) in [7, 11) is 1.83. The van der Waals surface area contributed by atoms with Crippen molar-refractivity contribution in [2.45, 2.75) is 27.2 Å². The summed E-state index contributed by atoms with van der Waals surface area (Å²) in [5.41, 5.74) is 1.48. The van der Waals surface area contributed by atoms with Crippen LogP contribution in [0.2, 0.25) is 0 Å². The van der Waals surface area contributed by atoms with E-state index in [2.05, 4.69) is 20.8 Å². The van der Waals surface area contributed by atoms with Gasteiger partial charge in [-0.3, -0.25) is 0 Å². The summed E-state index contributed by atoms with van der Waals surface area (Å²) < 4.78 is 5.47. The highest BCUT2D eigenvalue weighted by atomic mass is 16.4. The van der Waals surface area contributed by atoms with Crippen LogP contribution >= 0.6 is 0 Å². The number of hydrogen-bond acceptors (Lipinski definition) is 1. The van der Waals surface area contributed by atoms with Crippen LogP contribution in [0.5, 0.6) is 0 Å². The average Bonchev–Trinajstić information content (AvgIpc) is 2.13. The molecule has 0 fully saturated rings. The van der Waals surface area contributed by atoms with Gasteiger partial charge in [-0.25, -0.2) is 0 Å². The molecule has 1 aromatic carbocycles. The molecule has 0 aliphatic rings. The first-order valence-corrected chi connectivity index (χ1v) is 5.08. The van der Waals surface area contributed by atoms with E-state index < -0.39 is 0 Å². The Morgan fingerprint density at radius 1 is 1.06 bits per heavy atom. The van der Waals surface area contributed by atoms with Crippen molar-refractivity contribution >= 4 is 12.9 Å². The van der Waals surface area contributed by atoms with Crippen LogP contribution in [0.15, 0.2) is 30.3 Å². The van der Waals surface area contributed by atoms with Gasteiger partial charge in [-0.2, -0.15) is 0 Å². The van der Waals surface area contributed by atoms with E-state index in [4.69, 9.17) is 4.65 Å². The first kappa shape index (κ1) is 17.6. The predicted octanol–water partition coefficient (Wildman–Crippen LogP) is 0.734. The summed E-state index contributed by atoms with van der Waals surface area (Å²) >= 11 is 0. The minimum atomic E-state index is 0. The Labute approximate surface area is 98.7 Å². The van der Waals surface area contributed by atoms with Crippen molar-refractivity contribution in [1.82, 2.24) is 0 Å². The molecule has 0 spiro atoms. The third-order valence-electron chi connectivity index (χ3n) is 1.99. The highest BCUT2D eigenvalue weighted by Gasteiger charge is 2.09. The molecule has 4 heteroatoms. The van der Waals surface area contributed by atoms with Gasteiger partial charge in [0.1, 0.15) is 0 Å². The molecule has 91 valence electrons. The van der Waals surface area contributed by atoms with E-state index in [1.807, 2.05) is 37.8 Å². The molecule has 0 amide bonds.